The third-order valence-electron chi connectivity index (χ3n) is 3.24. The molecule has 2 aromatic rings. The highest BCUT2D eigenvalue weighted by atomic mass is 16.6. The van der Waals surface area contributed by atoms with E-state index in [9.17, 15) is 4.79 Å². The number of fused-ring (bicyclic) bond motifs is 1. The number of hydrogen-bond donors (Lipinski definition) is 2. The zero-order valence-corrected chi connectivity index (χ0v) is 12.5. The second-order valence-corrected chi connectivity index (χ2v) is 4.91. The molecule has 3 rings (SSSR count). The summed E-state index contributed by atoms with van der Waals surface area (Å²) in [6, 6.07) is 8.78. The van der Waals surface area contributed by atoms with E-state index in [1.807, 2.05) is 0 Å². The zero-order valence-electron chi connectivity index (χ0n) is 12.5. The average Bonchev–Trinajstić information content (AvgIpc) is 2.60. The van der Waals surface area contributed by atoms with E-state index >= 15 is 0 Å². The molecule has 1 aliphatic heterocycles. The summed E-state index contributed by atoms with van der Waals surface area (Å²) in [6.07, 6.45) is 3.33. The molecule has 0 radical (unpaired) electrons. The number of ether oxygens (including phenoxy) is 2. The molecule has 0 atom stereocenters. The minimum absolute atomic E-state index is 0.288. The molecule has 6 nitrogen and oxygen atoms in total. The second-order valence-electron chi connectivity index (χ2n) is 4.91. The highest BCUT2D eigenvalue weighted by molar-refractivity contribution is 6.03. The van der Waals surface area contributed by atoms with Crippen molar-refractivity contribution in [2.75, 3.05) is 30.4 Å². The molecule has 0 saturated carbocycles. The van der Waals surface area contributed by atoms with Crippen molar-refractivity contribution >= 4 is 17.3 Å². The fourth-order valence-corrected chi connectivity index (χ4v) is 2.17. The van der Waals surface area contributed by atoms with E-state index in [0.29, 0.717) is 42.6 Å². The van der Waals surface area contributed by atoms with Crippen LogP contribution in [0.2, 0.25) is 0 Å². The Kier molecular flexibility index (Phi) is 4.42. The molecule has 1 aromatic heterocycles. The van der Waals surface area contributed by atoms with Gasteiger partial charge in [-0.3, -0.25) is 9.78 Å². The first kappa shape index (κ1) is 14.9. The third-order valence-corrected chi connectivity index (χ3v) is 3.24. The number of hydrogen-bond acceptors (Lipinski definition) is 5. The van der Waals surface area contributed by atoms with Gasteiger partial charge in [0.15, 0.2) is 11.5 Å². The molecule has 1 amide bonds. The molecule has 2 N–H and O–H groups in total. The molecule has 118 valence electrons. The van der Waals surface area contributed by atoms with Crippen LogP contribution in [0.15, 0.2) is 49.2 Å². The molecule has 0 fully saturated rings. The molecule has 0 spiro atoms. The van der Waals surface area contributed by atoms with Crippen molar-refractivity contribution < 1.29 is 14.3 Å². The predicted octanol–water partition coefficient (Wildman–Crippen LogP) is 2.70. The minimum Gasteiger partial charge on any atom is -0.486 e. The van der Waals surface area contributed by atoms with Crippen LogP contribution in [-0.4, -0.2) is 30.6 Å². The van der Waals surface area contributed by atoms with Gasteiger partial charge in [-0.1, -0.05) is 6.08 Å². The number of anilines is 2. The lowest BCUT2D eigenvalue weighted by atomic mass is 10.2. The van der Waals surface area contributed by atoms with E-state index in [4.69, 9.17) is 9.47 Å². The van der Waals surface area contributed by atoms with Crippen molar-refractivity contribution in [1.29, 1.82) is 0 Å². The fraction of sp³-hybridized carbons (Fsp3) is 0.176. The van der Waals surface area contributed by atoms with Gasteiger partial charge >= 0.3 is 0 Å². The largest absolute Gasteiger partial charge is 0.486 e. The number of amides is 1. The van der Waals surface area contributed by atoms with Crippen molar-refractivity contribution in [3.05, 3.63) is 54.9 Å². The Morgan fingerprint density at radius 3 is 2.83 bits per heavy atom. The van der Waals surface area contributed by atoms with Gasteiger partial charge in [-0.15, -0.1) is 6.58 Å². The van der Waals surface area contributed by atoms with Crippen molar-refractivity contribution in [3.8, 4) is 11.5 Å². The molecule has 0 aliphatic carbocycles. The molecule has 1 aliphatic rings. The van der Waals surface area contributed by atoms with E-state index in [0.717, 1.165) is 5.69 Å². The van der Waals surface area contributed by atoms with Gasteiger partial charge in [0.2, 0.25) is 0 Å². The summed E-state index contributed by atoms with van der Waals surface area (Å²) in [4.78, 5) is 16.4. The Hall–Kier alpha value is -3.02. The summed E-state index contributed by atoms with van der Waals surface area (Å²) in [5, 5.41) is 5.93. The van der Waals surface area contributed by atoms with E-state index in [1.54, 1.807) is 42.6 Å². The van der Waals surface area contributed by atoms with Gasteiger partial charge in [0.25, 0.3) is 5.91 Å². The standard InChI is InChI=1S/C17H17N3O3/c1-2-6-18-12-5-7-19-14(10-12)17(21)20-13-3-4-15-16(11-13)23-9-8-22-15/h2-5,7,10-11H,1,6,8-9H2,(H,18,19)(H,20,21). The SMILES string of the molecule is C=CCNc1ccnc(C(=O)Nc2ccc3c(c2)OCCO3)c1. The normalized spacial score (nSPS) is 12.3. The zero-order chi connectivity index (χ0) is 16.1. The Labute approximate surface area is 134 Å². The Bertz CT molecular complexity index is 731. The van der Waals surface area contributed by atoms with Gasteiger partial charge in [0.05, 0.1) is 0 Å². The van der Waals surface area contributed by atoms with Crippen LogP contribution in [-0.2, 0) is 0 Å². The van der Waals surface area contributed by atoms with Crippen LogP contribution in [0.5, 0.6) is 11.5 Å². The van der Waals surface area contributed by atoms with Crippen molar-refractivity contribution in [3.63, 3.8) is 0 Å². The molecule has 0 saturated heterocycles. The Morgan fingerprint density at radius 2 is 2.00 bits per heavy atom. The lowest BCUT2D eigenvalue weighted by Crippen LogP contribution is -2.17. The van der Waals surface area contributed by atoms with Crippen LogP contribution in [0, 0.1) is 0 Å². The van der Waals surface area contributed by atoms with Crippen LogP contribution in [0.3, 0.4) is 0 Å². The lowest BCUT2D eigenvalue weighted by Gasteiger charge is -2.19. The number of benzene rings is 1. The first-order valence-corrected chi connectivity index (χ1v) is 7.28. The van der Waals surface area contributed by atoms with Gasteiger partial charge in [-0.2, -0.15) is 0 Å². The fourth-order valence-electron chi connectivity index (χ4n) is 2.17. The topological polar surface area (TPSA) is 72.5 Å². The number of carbonyl (C=O) groups excluding carboxylic acids is 1. The number of pyridine rings is 1. The Morgan fingerprint density at radius 1 is 1.17 bits per heavy atom. The van der Waals surface area contributed by atoms with Crippen LogP contribution < -0.4 is 20.1 Å². The molecular weight excluding hydrogens is 294 g/mol. The summed E-state index contributed by atoms with van der Waals surface area (Å²) < 4.78 is 11.0. The first-order valence-electron chi connectivity index (χ1n) is 7.28. The van der Waals surface area contributed by atoms with Crippen molar-refractivity contribution in [1.82, 2.24) is 4.98 Å². The highest BCUT2D eigenvalue weighted by Crippen LogP contribution is 2.32. The molecule has 2 heterocycles. The van der Waals surface area contributed by atoms with Gasteiger partial charge in [-0.25, -0.2) is 0 Å². The lowest BCUT2D eigenvalue weighted by molar-refractivity contribution is 0.102. The molecule has 0 bridgehead atoms. The van der Waals surface area contributed by atoms with Gasteiger partial charge in [-0.05, 0) is 24.3 Å². The number of nitrogens with one attached hydrogen (secondary N) is 2. The van der Waals surface area contributed by atoms with E-state index in [-0.39, 0.29) is 5.91 Å². The number of carbonyl (C=O) groups is 1. The number of nitrogens with zero attached hydrogens (tertiary/aromatic N) is 1. The van der Waals surface area contributed by atoms with Crippen molar-refractivity contribution in [2.24, 2.45) is 0 Å². The summed E-state index contributed by atoms with van der Waals surface area (Å²) in [5.74, 6) is 1.02. The predicted molar refractivity (Wildman–Crippen MR) is 88.3 cm³/mol. The summed E-state index contributed by atoms with van der Waals surface area (Å²) >= 11 is 0. The van der Waals surface area contributed by atoms with E-state index in [2.05, 4.69) is 22.2 Å². The maximum Gasteiger partial charge on any atom is 0.274 e. The molecule has 23 heavy (non-hydrogen) atoms. The molecule has 6 heteroatoms. The molecular formula is C17H17N3O3. The number of rotatable bonds is 5. The average molecular weight is 311 g/mol. The maximum absolute atomic E-state index is 12.3. The van der Waals surface area contributed by atoms with Crippen molar-refractivity contribution in [2.45, 2.75) is 0 Å². The van der Waals surface area contributed by atoms with Gasteiger partial charge in [0.1, 0.15) is 18.9 Å². The molecule has 0 unspecified atom stereocenters. The summed E-state index contributed by atoms with van der Waals surface area (Å²) in [7, 11) is 0. The minimum atomic E-state index is -0.288. The summed E-state index contributed by atoms with van der Waals surface area (Å²) in [5.41, 5.74) is 1.77. The van der Waals surface area contributed by atoms with Gasteiger partial charge < -0.3 is 20.1 Å². The number of aromatic nitrogens is 1. The van der Waals surface area contributed by atoms with Gasteiger partial charge in [0, 0.05) is 30.2 Å². The maximum atomic E-state index is 12.3. The Balaban J connectivity index is 1.72. The summed E-state index contributed by atoms with van der Waals surface area (Å²) in [6.45, 7) is 5.30. The molecule has 1 aromatic carbocycles. The first-order chi connectivity index (χ1) is 11.3. The monoisotopic (exact) mass is 311 g/mol. The van der Waals surface area contributed by atoms with Crippen LogP contribution in [0.25, 0.3) is 0 Å². The van der Waals surface area contributed by atoms with E-state index in [1.165, 1.54) is 0 Å². The van der Waals surface area contributed by atoms with E-state index < -0.39 is 0 Å². The van der Waals surface area contributed by atoms with Crippen LogP contribution in [0.1, 0.15) is 10.5 Å². The third kappa shape index (κ3) is 3.60. The highest BCUT2D eigenvalue weighted by Gasteiger charge is 2.14. The van der Waals surface area contributed by atoms with Crippen LogP contribution in [0.4, 0.5) is 11.4 Å². The quantitative estimate of drug-likeness (QED) is 0.831. The second kappa shape index (κ2) is 6.83. The smallest absolute Gasteiger partial charge is 0.274 e. The van der Waals surface area contributed by atoms with Crippen LogP contribution >= 0.6 is 0 Å².